The quantitative estimate of drug-likeness (QED) is 0.735. The fourth-order valence-electron chi connectivity index (χ4n) is 2.94. The van der Waals surface area contributed by atoms with Crippen LogP contribution >= 0.6 is 0 Å². The second-order valence-corrected chi connectivity index (χ2v) is 5.42. The van der Waals surface area contributed by atoms with Crippen molar-refractivity contribution in [3.8, 4) is 0 Å². The lowest BCUT2D eigenvalue weighted by atomic mass is 10.1. The molecule has 1 aliphatic rings. The lowest BCUT2D eigenvalue weighted by Crippen LogP contribution is -2.19. The highest BCUT2D eigenvalue weighted by Crippen LogP contribution is 2.31. The van der Waals surface area contributed by atoms with Gasteiger partial charge in [0.2, 0.25) is 0 Å². The standard InChI is InChI=1S/C15H27N3O/c1-3-6-15-13(11-16-9-10-19-2)12-17-18(15)14-7-4-5-8-14/h12,14,16H,3-11H2,1-2H3. The summed E-state index contributed by atoms with van der Waals surface area (Å²) in [5.41, 5.74) is 2.81. The molecule has 1 aromatic rings. The van der Waals surface area contributed by atoms with Crippen LogP contribution in [0.15, 0.2) is 6.20 Å². The van der Waals surface area contributed by atoms with E-state index in [1.54, 1.807) is 7.11 Å². The first-order chi connectivity index (χ1) is 9.36. The van der Waals surface area contributed by atoms with Crippen LogP contribution in [0, 0.1) is 0 Å². The third-order valence-corrected chi connectivity index (χ3v) is 3.94. The van der Waals surface area contributed by atoms with Crippen LogP contribution in [-0.4, -0.2) is 30.0 Å². The first kappa shape index (κ1) is 14.5. The smallest absolute Gasteiger partial charge is 0.0587 e. The molecule has 1 heterocycles. The third kappa shape index (κ3) is 3.80. The van der Waals surface area contributed by atoms with E-state index in [0.29, 0.717) is 6.04 Å². The molecule has 1 aliphatic carbocycles. The van der Waals surface area contributed by atoms with Crippen molar-refractivity contribution in [3.05, 3.63) is 17.5 Å². The van der Waals surface area contributed by atoms with Gasteiger partial charge < -0.3 is 10.1 Å². The maximum atomic E-state index is 5.06. The molecule has 0 aliphatic heterocycles. The van der Waals surface area contributed by atoms with Gasteiger partial charge >= 0.3 is 0 Å². The van der Waals surface area contributed by atoms with Crippen molar-refractivity contribution in [2.75, 3.05) is 20.3 Å². The largest absolute Gasteiger partial charge is 0.383 e. The summed E-state index contributed by atoms with van der Waals surface area (Å²) >= 11 is 0. The molecule has 4 nitrogen and oxygen atoms in total. The Hall–Kier alpha value is -0.870. The van der Waals surface area contributed by atoms with Crippen molar-refractivity contribution in [1.29, 1.82) is 0 Å². The van der Waals surface area contributed by atoms with Crippen molar-refractivity contribution < 1.29 is 4.74 Å². The Morgan fingerprint density at radius 3 is 2.89 bits per heavy atom. The summed E-state index contributed by atoms with van der Waals surface area (Å²) in [6.45, 7) is 4.82. The van der Waals surface area contributed by atoms with Crippen molar-refractivity contribution in [1.82, 2.24) is 15.1 Å². The average Bonchev–Trinajstić information content (AvgIpc) is 3.05. The summed E-state index contributed by atoms with van der Waals surface area (Å²) in [5, 5.41) is 8.09. The van der Waals surface area contributed by atoms with Crippen LogP contribution in [-0.2, 0) is 17.7 Å². The highest BCUT2D eigenvalue weighted by molar-refractivity contribution is 5.19. The van der Waals surface area contributed by atoms with E-state index in [-0.39, 0.29) is 0 Å². The number of hydrogen-bond acceptors (Lipinski definition) is 3. The Morgan fingerprint density at radius 2 is 2.21 bits per heavy atom. The van der Waals surface area contributed by atoms with Crippen LogP contribution < -0.4 is 5.32 Å². The van der Waals surface area contributed by atoms with Crippen LogP contribution in [0.5, 0.6) is 0 Å². The maximum absolute atomic E-state index is 5.06. The molecule has 0 amide bonds. The van der Waals surface area contributed by atoms with Gasteiger partial charge in [-0.2, -0.15) is 5.10 Å². The topological polar surface area (TPSA) is 39.1 Å². The molecule has 0 bridgehead atoms. The molecule has 0 atom stereocenters. The first-order valence-corrected chi connectivity index (χ1v) is 7.61. The van der Waals surface area contributed by atoms with Gasteiger partial charge in [0, 0.05) is 31.5 Å². The van der Waals surface area contributed by atoms with E-state index in [1.807, 2.05) is 0 Å². The second-order valence-electron chi connectivity index (χ2n) is 5.42. The summed E-state index contributed by atoms with van der Waals surface area (Å²) in [4.78, 5) is 0. The van der Waals surface area contributed by atoms with E-state index in [1.165, 1.54) is 43.4 Å². The van der Waals surface area contributed by atoms with Crippen molar-refractivity contribution in [3.63, 3.8) is 0 Å². The van der Waals surface area contributed by atoms with E-state index in [0.717, 1.165) is 26.1 Å². The van der Waals surface area contributed by atoms with E-state index >= 15 is 0 Å². The van der Waals surface area contributed by atoms with Crippen LogP contribution in [0.1, 0.15) is 56.3 Å². The molecule has 0 radical (unpaired) electrons. The molecule has 1 aromatic heterocycles. The minimum atomic E-state index is 0.647. The van der Waals surface area contributed by atoms with Crippen LogP contribution in [0.3, 0.4) is 0 Å². The Morgan fingerprint density at radius 1 is 1.42 bits per heavy atom. The molecule has 1 N–H and O–H groups in total. The van der Waals surface area contributed by atoms with Gasteiger partial charge in [-0.1, -0.05) is 26.2 Å². The maximum Gasteiger partial charge on any atom is 0.0587 e. The molecule has 2 rings (SSSR count). The Labute approximate surface area is 116 Å². The van der Waals surface area contributed by atoms with Gasteiger partial charge in [0.15, 0.2) is 0 Å². The Balaban J connectivity index is 2.01. The van der Waals surface area contributed by atoms with Crippen LogP contribution in [0.25, 0.3) is 0 Å². The summed E-state index contributed by atoms with van der Waals surface area (Å²) in [6.07, 6.45) is 9.70. The molecule has 108 valence electrons. The molecule has 0 spiro atoms. The molecule has 4 heteroatoms. The summed E-state index contributed by atoms with van der Waals surface area (Å²) in [7, 11) is 1.74. The number of hydrogen-bond donors (Lipinski definition) is 1. The van der Waals surface area contributed by atoms with E-state index in [2.05, 4.69) is 28.2 Å². The normalized spacial score (nSPS) is 16.3. The van der Waals surface area contributed by atoms with Gasteiger partial charge in [0.1, 0.15) is 0 Å². The monoisotopic (exact) mass is 265 g/mol. The van der Waals surface area contributed by atoms with Gasteiger partial charge in [-0.25, -0.2) is 0 Å². The van der Waals surface area contributed by atoms with Crippen molar-refractivity contribution >= 4 is 0 Å². The zero-order valence-electron chi connectivity index (χ0n) is 12.3. The lowest BCUT2D eigenvalue weighted by molar-refractivity contribution is 0.199. The summed E-state index contributed by atoms with van der Waals surface area (Å²) in [6, 6.07) is 0.647. The molecule has 0 aromatic carbocycles. The van der Waals surface area contributed by atoms with Gasteiger partial charge in [-0.15, -0.1) is 0 Å². The highest BCUT2D eigenvalue weighted by Gasteiger charge is 2.21. The lowest BCUT2D eigenvalue weighted by Gasteiger charge is -2.15. The fraction of sp³-hybridized carbons (Fsp3) is 0.800. The molecule has 0 saturated heterocycles. The molecular formula is C15H27N3O. The number of rotatable bonds is 8. The number of nitrogens with one attached hydrogen (secondary N) is 1. The Bertz CT molecular complexity index is 369. The van der Waals surface area contributed by atoms with Gasteiger partial charge in [-0.05, 0) is 19.3 Å². The Kier molecular flexibility index (Phi) is 5.86. The minimum Gasteiger partial charge on any atom is -0.383 e. The van der Waals surface area contributed by atoms with Gasteiger partial charge in [-0.3, -0.25) is 4.68 Å². The summed E-state index contributed by atoms with van der Waals surface area (Å²) < 4.78 is 7.37. The number of methoxy groups -OCH3 is 1. The third-order valence-electron chi connectivity index (χ3n) is 3.94. The zero-order chi connectivity index (χ0) is 13.5. The number of ether oxygens (including phenoxy) is 1. The van der Waals surface area contributed by atoms with E-state index in [9.17, 15) is 0 Å². The van der Waals surface area contributed by atoms with Crippen LogP contribution in [0.4, 0.5) is 0 Å². The first-order valence-electron chi connectivity index (χ1n) is 7.61. The fourth-order valence-corrected chi connectivity index (χ4v) is 2.94. The minimum absolute atomic E-state index is 0.647. The van der Waals surface area contributed by atoms with Crippen LogP contribution in [0.2, 0.25) is 0 Å². The second kappa shape index (κ2) is 7.65. The van der Waals surface area contributed by atoms with Crippen molar-refractivity contribution in [2.45, 2.75) is 58.0 Å². The van der Waals surface area contributed by atoms with Gasteiger partial charge in [0.05, 0.1) is 18.8 Å². The van der Waals surface area contributed by atoms with E-state index in [4.69, 9.17) is 4.74 Å². The predicted molar refractivity (Wildman–Crippen MR) is 77.3 cm³/mol. The zero-order valence-corrected chi connectivity index (χ0v) is 12.3. The highest BCUT2D eigenvalue weighted by atomic mass is 16.5. The SMILES string of the molecule is CCCc1c(CNCCOC)cnn1C1CCCC1. The molecule has 1 fully saturated rings. The molecule has 0 unspecified atom stereocenters. The van der Waals surface area contributed by atoms with Gasteiger partial charge in [0.25, 0.3) is 0 Å². The molecule has 1 saturated carbocycles. The molecular weight excluding hydrogens is 238 g/mol. The van der Waals surface area contributed by atoms with Crippen molar-refractivity contribution in [2.24, 2.45) is 0 Å². The van der Waals surface area contributed by atoms with E-state index < -0.39 is 0 Å². The number of aromatic nitrogens is 2. The summed E-state index contributed by atoms with van der Waals surface area (Å²) in [5.74, 6) is 0. The number of nitrogens with zero attached hydrogens (tertiary/aromatic N) is 2. The average molecular weight is 265 g/mol. The molecule has 19 heavy (non-hydrogen) atoms. The predicted octanol–water partition coefficient (Wildman–Crippen LogP) is 2.69.